The third-order valence-electron chi connectivity index (χ3n) is 3.21. The van der Waals surface area contributed by atoms with Gasteiger partial charge in [0, 0.05) is 15.6 Å². The summed E-state index contributed by atoms with van der Waals surface area (Å²) in [6, 6.07) is 7.11. The number of amides is 1. The van der Waals surface area contributed by atoms with Gasteiger partial charge in [-0.25, -0.2) is 23.2 Å². The van der Waals surface area contributed by atoms with Crippen molar-refractivity contribution in [3.63, 3.8) is 0 Å². The number of hydrogen-bond acceptors (Lipinski definition) is 4. The number of halogens is 2. The SMILES string of the molecule is CC(C)(C)NC(=O)OC/C(=C/F)Cn1ncn(-c2ccc(Br)cc2)c1=O. The highest BCUT2D eigenvalue weighted by Gasteiger charge is 2.16. The van der Waals surface area contributed by atoms with Gasteiger partial charge < -0.3 is 10.1 Å². The van der Waals surface area contributed by atoms with Gasteiger partial charge in [0.2, 0.25) is 0 Å². The maximum atomic E-state index is 13.1. The van der Waals surface area contributed by atoms with Crippen molar-refractivity contribution in [1.82, 2.24) is 19.7 Å². The monoisotopic (exact) mass is 426 g/mol. The van der Waals surface area contributed by atoms with E-state index in [4.69, 9.17) is 4.74 Å². The molecule has 1 aromatic carbocycles. The van der Waals surface area contributed by atoms with Crippen molar-refractivity contribution in [2.24, 2.45) is 0 Å². The third kappa shape index (κ3) is 5.55. The Morgan fingerprint density at radius 3 is 2.58 bits per heavy atom. The summed E-state index contributed by atoms with van der Waals surface area (Å²) >= 11 is 3.33. The summed E-state index contributed by atoms with van der Waals surface area (Å²) in [6.45, 7) is 5.00. The Balaban J connectivity index is 2.04. The van der Waals surface area contributed by atoms with E-state index in [0.29, 0.717) is 12.0 Å². The second kappa shape index (κ2) is 8.31. The quantitative estimate of drug-likeness (QED) is 0.795. The van der Waals surface area contributed by atoms with E-state index in [1.54, 1.807) is 45.0 Å². The Morgan fingerprint density at radius 2 is 2.00 bits per heavy atom. The van der Waals surface area contributed by atoms with Gasteiger partial charge in [0.15, 0.2) is 0 Å². The van der Waals surface area contributed by atoms with Crippen LogP contribution in [0.1, 0.15) is 20.8 Å². The lowest BCUT2D eigenvalue weighted by atomic mass is 10.1. The van der Waals surface area contributed by atoms with Gasteiger partial charge in [0.05, 0.1) is 18.6 Å². The summed E-state index contributed by atoms with van der Waals surface area (Å²) in [7, 11) is 0. The van der Waals surface area contributed by atoms with E-state index in [-0.39, 0.29) is 18.7 Å². The first-order chi connectivity index (χ1) is 12.2. The maximum Gasteiger partial charge on any atom is 0.407 e. The Kier molecular flexibility index (Phi) is 6.36. The molecule has 2 rings (SSSR count). The Bertz CT molecular complexity index is 850. The smallest absolute Gasteiger partial charge is 0.407 e. The van der Waals surface area contributed by atoms with Crippen LogP contribution in [0.15, 0.2) is 51.8 Å². The predicted molar refractivity (Wildman–Crippen MR) is 99.0 cm³/mol. The van der Waals surface area contributed by atoms with Gasteiger partial charge in [-0.05, 0) is 45.0 Å². The van der Waals surface area contributed by atoms with Crippen molar-refractivity contribution in [2.75, 3.05) is 6.61 Å². The van der Waals surface area contributed by atoms with Crippen LogP contribution in [0.2, 0.25) is 0 Å². The summed E-state index contributed by atoms with van der Waals surface area (Å²) in [5.74, 6) is 0. The van der Waals surface area contributed by atoms with Gasteiger partial charge in [-0.3, -0.25) is 0 Å². The fourth-order valence-corrected chi connectivity index (χ4v) is 2.29. The van der Waals surface area contributed by atoms with Crippen LogP contribution in [-0.2, 0) is 11.3 Å². The zero-order chi connectivity index (χ0) is 19.3. The second-order valence-electron chi connectivity index (χ2n) is 6.64. The molecule has 26 heavy (non-hydrogen) atoms. The topological polar surface area (TPSA) is 78.2 Å². The van der Waals surface area contributed by atoms with Crippen molar-refractivity contribution in [2.45, 2.75) is 32.9 Å². The van der Waals surface area contributed by atoms with Crippen molar-refractivity contribution >= 4 is 22.0 Å². The van der Waals surface area contributed by atoms with Gasteiger partial charge >= 0.3 is 11.8 Å². The second-order valence-corrected chi connectivity index (χ2v) is 7.55. The van der Waals surface area contributed by atoms with E-state index < -0.39 is 17.3 Å². The minimum atomic E-state index is -0.662. The number of rotatable bonds is 5. The third-order valence-corrected chi connectivity index (χ3v) is 3.74. The van der Waals surface area contributed by atoms with Crippen molar-refractivity contribution in [3.05, 3.63) is 57.5 Å². The van der Waals surface area contributed by atoms with Crippen molar-refractivity contribution < 1.29 is 13.9 Å². The fourth-order valence-electron chi connectivity index (χ4n) is 2.03. The number of carbonyl (C=O) groups excluding carboxylic acids is 1. The number of nitrogens with one attached hydrogen (secondary N) is 1. The lowest BCUT2D eigenvalue weighted by molar-refractivity contribution is 0.145. The normalized spacial score (nSPS) is 12.1. The molecule has 0 aliphatic rings. The van der Waals surface area contributed by atoms with Crippen LogP contribution in [0, 0.1) is 0 Å². The number of alkyl carbamates (subject to hydrolysis) is 1. The lowest BCUT2D eigenvalue weighted by Gasteiger charge is -2.20. The average Bonchev–Trinajstić information content (AvgIpc) is 2.91. The van der Waals surface area contributed by atoms with E-state index in [9.17, 15) is 14.0 Å². The van der Waals surface area contributed by atoms with Crippen LogP contribution in [0.3, 0.4) is 0 Å². The largest absolute Gasteiger partial charge is 0.445 e. The zero-order valence-corrected chi connectivity index (χ0v) is 16.3. The van der Waals surface area contributed by atoms with Gasteiger partial charge in [-0.1, -0.05) is 15.9 Å². The van der Waals surface area contributed by atoms with Gasteiger partial charge in [0.1, 0.15) is 12.9 Å². The van der Waals surface area contributed by atoms with Crippen LogP contribution in [0.25, 0.3) is 5.69 Å². The van der Waals surface area contributed by atoms with E-state index in [2.05, 4.69) is 26.3 Å². The zero-order valence-electron chi connectivity index (χ0n) is 14.7. The molecule has 140 valence electrons. The maximum absolute atomic E-state index is 13.1. The number of carbonyl (C=O) groups is 1. The predicted octanol–water partition coefficient (Wildman–Crippen LogP) is 3.17. The summed E-state index contributed by atoms with van der Waals surface area (Å²) in [6.07, 6.45) is 1.01. The highest BCUT2D eigenvalue weighted by molar-refractivity contribution is 9.10. The number of benzene rings is 1. The molecule has 1 amide bonds. The lowest BCUT2D eigenvalue weighted by Crippen LogP contribution is -2.41. The summed E-state index contributed by atoms with van der Waals surface area (Å²) in [5, 5.41) is 6.58. The van der Waals surface area contributed by atoms with Gasteiger partial charge in [0.25, 0.3) is 0 Å². The highest BCUT2D eigenvalue weighted by Crippen LogP contribution is 2.12. The first kappa shape index (κ1) is 19.9. The first-order valence-corrected chi connectivity index (χ1v) is 8.62. The molecule has 0 atom stereocenters. The van der Waals surface area contributed by atoms with Gasteiger partial charge in [-0.2, -0.15) is 5.10 Å². The van der Waals surface area contributed by atoms with Crippen LogP contribution < -0.4 is 11.0 Å². The van der Waals surface area contributed by atoms with Crippen LogP contribution in [0.5, 0.6) is 0 Å². The Hall–Kier alpha value is -2.42. The summed E-state index contributed by atoms with van der Waals surface area (Å²) in [5.41, 5.74) is -0.143. The molecule has 9 heteroatoms. The molecule has 0 fully saturated rings. The molecular weight excluding hydrogens is 407 g/mol. The standard InChI is InChI=1S/C17H20BrFN4O3/c1-17(2,3)21-15(24)26-10-12(8-19)9-23-16(25)22(11-20-23)14-6-4-13(18)5-7-14/h4-8,11H,9-10H2,1-3H3,(H,21,24)/b12-8+. The molecule has 0 aliphatic heterocycles. The number of nitrogens with zero attached hydrogens (tertiary/aromatic N) is 3. The molecule has 0 spiro atoms. The fraction of sp³-hybridized carbons (Fsp3) is 0.353. The molecule has 2 aromatic rings. The van der Waals surface area contributed by atoms with E-state index in [0.717, 1.165) is 9.15 Å². The van der Waals surface area contributed by atoms with Crippen LogP contribution in [0.4, 0.5) is 9.18 Å². The van der Waals surface area contributed by atoms with Crippen LogP contribution in [-0.4, -0.2) is 32.6 Å². The van der Waals surface area contributed by atoms with E-state index in [1.165, 1.54) is 10.9 Å². The molecule has 7 nitrogen and oxygen atoms in total. The molecule has 1 aromatic heterocycles. The van der Waals surface area contributed by atoms with Crippen LogP contribution >= 0.6 is 15.9 Å². The number of hydrogen-bond donors (Lipinski definition) is 1. The summed E-state index contributed by atoms with van der Waals surface area (Å²) in [4.78, 5) is 24.1. The summed E-state index contributed by atoms with van der Waals surface area (Å²) < 4.78 is 21.4. The molecular formula is C17H20BrFN4O3. The number of aromatic nitrogens is 3. The average molecular weight is 427 g/mol. The van der Waals surface area contributed by atoms with Crippen molar-refractivity contribution in [1.29, 1.82) is 0 Å². The molecule has 1 N–H and O–H groups in total. The van der Waals surface area contributed by atoms with Crippen molar-refractivity contribution in [3.8, 4) is 5.69 Å². The van der Waals surface area contributed by atoms with E-state index >= 15 is 0 Å². The molecule has 0 radical (unpaired) electrons. The Labute approximate surface area is 158 Å². The number of ether oxygens (including phenoxy) is 1. The molecule has 0 bridgehead atoms. The molecule has 1 heterocycles. The highest BCUT2D eigenvalue weighted by atomic mass is 79.9. The Morgan fingerprint density at radius 1 is 1.35 bits per heavy atom. The molecule has 0 saturated carbocycles. The minimum Gasteiger partial charge on any atom is -0.445 e. The molecule has 0 aliphatic carbocycles. The first-order valence-electron chi connectivity index (χ1n) is 7.83. The molecule has 0 unspecified atom stereocenters. The minimum absolute atomic E-state index is 0.109. The molecule has 0 saturated heterocycles. The van der Waals surface area contributed by atoms with E-state index in [1.807, 2.05) is 0 Å². The van der Waals surface area contributed by atoms with Gasteiger partial charge in [-0.15, -0.1) is 0 Å².